The van der Waals surface area contributed by atoms with Crippen LogP contribution in [0.5, 0.6) is 0 Å². The van der Waals surface area contributed by atoms with E-state index in [-0.39, 0.29) is 5.91 Å². The Balaban J connectivity index is 2.03. The molecule has 0 heterocycles. The molecule has 0 aromatic heterocycles. The minimum atomic E-state index is -0.0458. The Morgan fingerprint density at radius 1 is 1.19 bits per heavy atom. The van der Waals surface area contributed by atoms with E-state index in [0.717, 1.165) is 27.8 Å². The van der Waals surface area contributed by atoms with Crippen molar-refractivity contribution in [3.05, 3.63) is 63.6 Å². The molecule has 0 bridgehead atoms. The number of nitrogens with one attached hydrogen (secondary N) is 2. The molecule has 2 aromatic carbocycles. The molecule has 0 saturated heterocycles. The van der Waals surface area contributed by atoms with E-state index in [1.54, 1.807) is 0 Å². The van der Waals surface area contributed by atoms with Gasteiger partial charge >= 0.3 is 0 Å². The Labute approximate surface area is 133 Å². The van der Waals surface area contributed by atoms with Crippen molar-refractivity contribution < 1.29 is 4.79 Å². The van der Waals surface area contributed by atoms with Crippen LogP contribution in [-0.2, 0) is 6.54 Å². The fourth-order valence-electron chi connectivity index (χ4n) is 2.16. The number of aryl methyl sites for hydroxylation is 1. The Bertz CT molecular complexity index is 640. The summed E-state index contributed by atoms with van der Waals surface area (Å²) in [6.45, 7) is 5.39. The summed E-state index contributed by atoms with van der Waals surface area (Å²) in [5, 5.41) is 6.20. The number of anilines is 1. The number of amides is 1. The maximum Gasteiger partial charge on any atom is 0.251 e. The van der Waals surface area contributed by atoms with Gasteiger partial charge in [-0.05, 0) is 55.3 Å². The molecule has 0 aliphatic carbocycles. The quantitative estimate of drug-likeness (QED) is 0.854. The second-order valence-electron chi connectivity index (χ2n) is 4.87. The van der Waals surface area contributed by atoms with Gasteiger partial charge in [0.15, 0.2) is 0 Å². The largest absolute Gasteiger partial charge is 0.385 e. The first kappa shape index (κ1) is 15.6. The van der Waals surface area contributed by atoms with E-state index in [0.29, 0.717) is 12.1 Å². The van der Waals surface area contributed by atoms with E-state index in [4.69, 9.17) is 0 Å². The minimum absolute atomic E-state index is 0.0458. The normalized spacial score (nSPS) is 10.2. The second kappa shape index (κ2) is 7.27. The van der Waals surface area contributed by atoms with E-state index >= 15 is 0 Å². The highest BCUT2D eigenvalue weighted by Gasteiger charge is 2.09. The summed E-state index contributed by atoms with van der Waals surface area (Å²) in [5.74, 6) is -0.0458. The molecule has 0 radical (unpaired) electrons. The van der Waals surface area contributed by atoms with Crippen LogP contribution >= 0.6 is 15.9 Å². The second-order valence-corrected chi connectivity index (χ2v) is 5.79. The SMILES string of the molecule is CCNc1ccc(C(=O)NCc2cccc(Br)c2)c(C)c1. The number of carbonyl (C=O) groups is 1. The van der Waals surface area contributed by atoms with Gasteiger partial charge in [0.25, 0.3) is 5.91 Å². The van der Waals surface area contributed by atoms with Gasteiger partial charge < -0.3 is 10.6 Å². The van der Waals surface area contributed by atoms with Crippen LogP contribution in [0.25, 0.3) is 0 Å². The Hall–Kier alpha value is -1.81. The zero-order chi connectivity index (χ0) is 15.2. The van der Waals surface area contributed by atoms with Crippen molar-refractivity contribution in [3.8, 4) is 0 Å². The molecule has 0 saturated carbocycles. The highest BCUT2D eigenvalue weighted by Crippen LogP contribution is 2.16. The predicted octanol–water partition coefficient (Wildman–Crippen LogP) is 4.12. The lowest BCUT2D eigenvalue weighted by Gasteiger charge is -2.10. The molecule has 0 atom stereocenters. The molecule has 2 rings (SSSR count). The van der Waals surface area contributed by atoms with Crippen LogP contribution < -0.4 is 10.6 Å². The summed E-state index contributed by atoms with van der Waals surface area (Å²) >= 11 is 3.43. The zero-order valence-electron chi connectivity index (χ0n) is 12.2. The number of rotatable bonds is 5. The number of carbonyl (C=O) groups excluding carboxylic acids is 1. The lowest BCUT2D eigenvalue weighted by molar-refractivity contribution is 0.0950. The van der Waals surface area contributed by atoms with Crippen LogP contribution in [0.15, 0.2) is 46.9 Å². The van der Waals surface area contributed by atoms with Crippen molar-refractivity contribution in [3.63, 3.8) is 0 Å². The average Bonchev–Trinajstić information content (AvgIpc) is 2.45. The van der Waals surface area contributed by atoms with Crippen LogP contribution in [0.4, 0.5) is 5.69 Å². The first-order chi connectivity index (χ1) is 10.1. The van der Waals surface area contributed by atoms with E-state index in [1.165, 1.54) is 0 Å². The van der Waals surface area contributed by atoms with Crippen LogP contribution in [-0.4, -0.2) is 12.5 Å². The fraction of sp³-hybridized carbons (Fsp3) is 0.235. The monoisotopic (exact) mass is 346 g/mol. The topological polar surface area (TPSA) is 41.1 Å². The molecule has 3 nitrogen and oxygen atoms in total. The van der Waals surface area contributed by atoms with Crippen molar-refractivity contribution in [1.82, 2.24) is 5.32 Å². The molecule has 1 amide bonds. The molecular weight excluding hydrogens is 328 g/mol. The third-order valence-electron chi connectivity index (χ3n) is 3.19. The summed E-state index contributed by atoms with van der Waals surface area (Å²) in [4.78, 5) is 12.2. The number of hydrogen-bond donors (Lipinski definition) is 2. The average molecular weight is 347 g/mol. The summed E-state index contributed by atoms with van der Waals surface area (Å²) in [5.41, 5.74) is 3.80. The molecule has 110 valence electrons. The summed E-state index contributed by atoms with van der Waals surface area (Å²) in [6, 6.07) is 13.7. The van der Waals surface area contributed by atoms with E-state index in [2.05, 4.69) is 26.6 Å². The lowest BCUT2D eigenvalue weighted by atomic mass is 10.1. The maximum atomic E-state index is 12.2. The Kier molecular flexibility index (Phi) is 5.39. The van der Waals surface area contributed by atoms with Gasteiger partial charge in [-0.2, -0.15) is 0 Å². The molecule has 2 aromatic rings. The van der Waals surface area contributed by atoms with Crippen LogP contribution in [0, 0.1) is 6.92 Å². The van der Waals surface area contributed by atoms with Crippen molar-refractivity contribution in [2.75, 3.05) is 11.9 Å². The van der Waals surface area contributed by atoms with Crippen LogP contribution in [0.3, 0.4) is 0 Å². The number of halogens is 1. The van der Waals surface area contributed by atoms with Gasteiger partial charge in [-0.1, -0.05) is 28.1 Å². The van der Waals surface area contributed by atoms with Crippen molar-refractivity contribution >= 4 is 27.5 Å². The Morgan fingerprint density at radius 3 is 2.67 bits per heavy atom. The third kappa shape index (κ3) is 4.33. The van der Waals surface area contributed by atoms with Gasteiger partial charge in [0, 0.05) is 28.8 Å². The van der Waals surface area contributed by atoms with Gasteiger partial charge in [-0.15, -0.1) is 0 Å². The third-order valence-corrected chi connectivity index (χ3v) is 3.69. The van der Waals surface area contributed by atoms with Gasteiger partial charge in [0.05, 0.1) is 0 Å². The molecule has 4 heteroatoms. The first-order valence-corrected chi connectivity index (χ1v) is 7.76. The van der Waals surface area contributed by atoms with Gasteiger partial charge in [0.1, 0.15) is 0 Å². The fourth-order valence-corrected chi connectivity index (χ4v) is 2.60. The van der Waals surface area contributed by atoms with E-state index in [9.17, 15) is 4.79 Å². The molecule has 0 aliphatic heterocycles. The smallest absolute Gasteiger partial charge is 0.251 e. The molecule has 0 spiro atoms. The summed E-state index contributed by atoms with van der Waals surface area (Å²) in [6.07, 6.45) is 0. The first-order valence-electron chi connectivity index (χ1n) is 6.97. The zero-order valence-corrected chi connectivity index (χ0v) is 13.8. The van der Waals surface area contributed by atoms with Crippen LogP contribution in [0.1, 0.15) is 28.4 Å². The molecule has 0 aliphatic rings. The number of hydrogen-bond acceptors (Lipinski definition) is 2. The van der Waals surface area contributed by atoms with Gasteiger partial charge in [0.2, 0.25) is 0 Å². The van der Waals surface area contributed by atoms with E-state index < -0.39 is 0 Å². The molecule has 2 N–H and O–H groups in total. The highest BCUT2D eigenvalue weighted by molar-refractivity contribution is 9.10. The van der Waals surface area contributed by atoms with Crippen molar-refractivity contribution in [2.45, 2.75) is 20.4 Å². The summed E-state index contributed by atoms with van der Waals surface area (Å²) in [7, 11) is 0. The predicted molar refractivity (Wildman–Crippen MR) is 90.7 cm³/mol. The highest BCUT2D eigenvalue weighted by atomic mass is 79.9. The summed E-state index contributed by atoms with van der Waals surface area (Å²) < 4.78 is 1.01. The molecule has 0 unspecified atom stereocenters. The lowest BCUT2D eigenvalue weighted by Crippen LogP contribution is -2.23. The minimum Gasteiger partial charge on any atom is -0.385 e. The molecular formula is C17H19BrN2O. The van der Waals surface area contributed by atoms with Crippen molar-refractivity contribution in [2.24, 2.45) is 0 Å². The van der Waals surface area contributed by atoms with Gasteiger partial charge in [-0.3, -0.25) is 4.79 Å². The van der Waals surface area contributed by atoms with Crippen molar-refractivity contribution in [1.29, 1.82) is 0 Å². The standard InChI is InChI=1S/C17H19BrN2O/c1-3-19-15-7-8-16(12(2)9-15)17(21)20-11-13-5-4-6-14(18)10-13/h4-10,19H,3,11H2,1-2H3,(H,20,21). The van der Waals surface area contributed by atoms with E-state index in [1.807, 2.05) is 56.3 Å². The molecule has 21 heavy (non-hydrogen) atoms. The number of benzene rings is 2. The maximum absolute atomic E-state index is 12.2. The molecule has 0 fully saturated rings. The van der Waals surface area contributed by atoms with Gasteiger partial charge in [-0.25, -0.2) is 0 Å². The van der Waals surface area contributed by atoms with Crippen LogP contribution in [0.2, 0.25) is 0 Å². The Morgan fingerprint density at radius 2 is 2.00 bits per heavy atom.